The largest absolute Gasteiger partial charge is 0.419 e. The number of rotatable bonds is 5. The molecule has 1 aromatic heterocycles. The van der Waals surface area contributed by atoms with Crippen LogP contribution in [0, 0.1) is 17.0 Å². The van der Waals surface area contributed by atoms with Crippen molar-refractivity contribution in [3.63, 3.8) is 0 Å². The minimum atomic E-state index is -3.91. The zero-order valence-electron chi connectivity index (χ0n) is 14.0. The number of nitrogens with one attached hydrogen (secondary N) is 1. The van der Waals surface area contributed by atoms with E-state index in [0.29, 0.717) is 5.56 Å². The van der Waals surface area contributed by atoms with Crippen LogP contribution in [-0.4, -0.2) is 25.4 Å². The van der Waals surface area contributed by atoms with E-state index in [1.165, 1.54) is 37.4 Å². The van der Waals surface area contributed by atoms with Crippen molar-refractivity contribution in [2.45, 2.75) is 16.8 Å². The Balaban J connectivity index is 2.11. The molecule has 0 amide bonds. The second kappa shape index (κ2) is 6.60. The molecule has 0 spiro atoms. The summed E-state index contributed by atoms with van der Waals surface area (Å²) < 4.78 is 31.2. The molecule has 2 aromatic carbocycles. The Labute approximate surface area is 149 Å². The van der Waals surface area contributed by atoms with Crippen molar-refractivity contribution in [3.05, 3.63) is 64.2 Å². The fourth-order valence-electron chi connectivity index (χ4n) is 2.35. The number of nitro benzene ring substituents is 1. The molecule has 0 fully saturated rings. The van der Waals surface area contributed by atoms with Crippen LogP contribution in [0.2, 0.25) is 0 Å². The zero-order valence-corrected chi connectivity index (χ0v) is 14.8. The predicted molar refractivity (Wildman–Crippen MR) is 94.8 cm³/mol. The summed E-state index contributed by atoms with van der Waals surface area (Å²) in [5.41, 5.74) is 1.09. The van der Waals surface area contributed by atoms with Gasteiger partial charge >= 0.3 is 0 Å². The second-order valence-electron chi connectivity index (χ2n) is 5.53. The number of anilines is 1. The van der Waals surface area contributed by atoms with Crippen LogP contribution in [-0.2, 0) is 9.84 Å². The highest BCUT2D eigenvalue weighted by Gasteiger charge is 2.28. The highest BCUT2D eigenvalue weighted by Crippen LogP contribution is 2.33. The van der Waals surface area contributed by atoms with E-state index in [0.717, 1.165) is 5.56 Å². The summed E-state index contributed by atoms with van der Waals surface area (Å²) in [6.07, 6.45) is 0. The Bertz CT molecular complexity index is 1070. The summed E-state index contributed by atoms with van der Waals surface area (Å²) in [4.78, 5) is 14.5. The number of benzene rings is 2. The highest BCUT2D eigenvalue weighted by atomic mass is 32.2. The van der Waals surface area contributed by atoms with Crippen LogP contribution in [0.25, 0.3) is 11.5 Å². The molecule has 0 aliphatic heterocycles. The molecule has 3 rings (SSSR count). The maximum Gasteiger partial charge on any atom is 0.270 e. The average molecular weight is 373 g/mol. The van der Waals surface area contributed by atoms with Crippen molar-refractivity contribution in [2.24, 2.45) is 0 Å². The van der Waals surface area contributed by atoms with Crippen molar-refractivity contribution in [3.8, 4) is 11.5 Å². The first-order chi connectivity index (χ1) is 12.3. The predicted octanol–water partition coefficient (Wildman–Crippen LogP) is 3.43. The lowest BCUT2D eigenvalue weighted by molar-refractivity contribution is -0.384. The van der Waals surface area contributed by atoms with Crippen LogP contribution in [0.3, 0.4) is 0 Å². The van der Waals surface area contributed by atoms with Gasteiger partial charge in [0.15, 0.2) is 0 Å². The summed E-state index contributed by atoms with van der Waals surface area (Å²) in [5.74, 6) is -0.0594. The molecule has 0 unspecified atom stereocenters. The first-order valence-electron chi connectivity index (χ1n) is 7.58. The maximum atomic E-state index is 12.9. The van der Waals surface area contributed by atoms with Crippen LogP contribution < -0.4 is 5.32 Å². The number of hydrogen-bond donors (Lipinski definition) is 1. The van der Waals surface area contributed by atoms with Gasteiger partial charge in [0.1, 0.15) is 0 Å². The normalized spacial score (nSPS) is 11.3. The van der Waals surface area contributed by atoms with E-state index in [4.69, 9.17) is 4.42 Å². The molecule has 0 bridgehead atoms. The van der Waals surface area contributed by atoms with Gasteiger partial charge in [0, 0.05) is 24.7 Å². The van der Waals surface area contributed by atoms with Gasteiger partial charge in [-0.05, 0) is 25.1 Å². The standard InChI is InChI=1S/C17H15N3O5S/c1-11-6-8-14(9-7-11)26(23,24)17-16(18-2)25-15(19-17)12-4-3-5-13(10-12)20(21)22/h3-10,18H,1-2H3. The monoisotopic (exact) mass is 373 g/mol. The molecular weight excluding hydrogens is 358 g/mol. The van der Waals surface area contributed by atoms with Gasteiger partial charge in [0.05, 0.1) is 9.82 Å². The Kier molecular flexibility index (Phi) is 4.47. The van der Waals surface area contributed by atoms with E-state index in [2.05, 4.69) is 10.3 Å². The summed E-state index contributed by atoms with van der Waals surface area (Å²) >= 11 is 0. The maximum absolute atomic E-state index is 12.9. The van der Waals surface area contributed by atoms with Gasteiger partial charge < -0.3 is 9.73 Å². The van der Waals surface area contributed by atoms with Crippen LogP contribution in [0.5, 0.6) is 0 Å². The number of nitrogens with zero attached hydrogens (tertiary/aromatic N) is 2. The van der Waals surface area contributed by atoms with Gasteiger partial charge in [-0.15, -0.1) is 0 Å². The van der Waals surface area contributed by atoms with Crippen molar-refractivity contribution in [1.82, 2.24) is 4.98 Å². The van der Waals surface area contributed by atoms with Crippen LogP contribution in [0.4, 0.5) is 11.6 Å². The second-order valence-corrected chi connectivity index (χ2v) is 7.39. The third-order valence-electron chi connectivity index (χ3n) is 3.71. The molecule has 8 nitrogen and oxygen atoms in total. The summed E-state index contributed by atoms with van der Waals surface area (Å²) in [6.45, 7) is 1.85. The molecule has 1 heterocycles. The Morgan fingerprint density at radius 2 is 1.85 bits per heavy atom. The van der Waals surface area contributed by atoms with Gasteiger partial charge in [0.2, 0.25) is 26.6 Å². The Morgan fingerprint density at radius 3 is 2.46 bits per heavy atom. The van der Waals surface area contributed by atoms with E-state index < -0.39 is 14.8 Å². The van der Waals surface area contributed by atoms with Crippen molar-refractivity contribution < 1.29 is 17.8 Å². The van der Waals surface area contributed by atoms with Gasteiger partial charge in [-0.2, -0.15) is 4.98 Å². The first-order valence-corrected chi connectivity index (χ1v) is 9.06. The fraction of sp³-hybridized carbons (Fsp3) is 0.118. The summed E-state index contributed by atoms with van der Waals surface area (Å²) in [6, 6.07) is 12.0. The number of oxazole rings is 1. The molecule has 26 heavy (non-hydrogen) atoms. The van der Waals surface area contributed by atoms with E-state index in [1.54, 1.807) is 18.2 Å². The molecule has 134 valence electrons. The molecule has 0 radical (unpaired) electrons. The van der Waals surface area contributed by atoms with E-state index in [-0.39, 0.29) is 27.4 Å². The molecule has 0 atom stereocenters. The summed E-state index contributed by atoms with van der Waals surface area (Å²) in [5, 5.41) is 13.3. The Morgan fingerprint density at radius 1 is 1.15 bits per heavy atom. The van der Waals surface area contributed by atoms with E-state index in [9.17, 15) is 18.5 Å². The number of nitro groups is 1. The van der Waals surface area contributed by atoms with Crippen LogP contribution >= 0.6 is 0 Å². The van der Waals surface area contributed by atoms with Gasteiger partial charge in [-0.25, -0.2) is 8.42 Å². The zero-order chi connectivity index (χ0) is 18.9. The van der Waals surface area contributed by atoms with Gasteiger partial charge in [0.25, 0.3) is 5.69 Å². The molecule has 9 heteroatoms. The molecule has 0 aliphatic carbocycles. The lowest BCUT2D eigenvalue weighted by Crippen LogP contribution is -2.05. The van der Waals surface area contributed by atoms with Crippen molar-refractivity contribution in [2.75, 3.05) is 12.4 Å². The third-order valence-corrected chi connectivity index (χ3v) is 5.39. The van der Waals surface area contributed by atoms with Gasteiger partial charge in [-0.3, -0.25) is 10.1 Å². The van der Waals surface area contributed by atoms with E-state index in [1.807, 2.05) is 6.92 Å². The molecule has 3 aromatic rings. The van der Waals surface area contributed by atoms with E-state index >= 15 is 0 Å². The average Bonchev–Trinajstić information content (AvgIpc) is 3.07. The molecule has 0 saturated carbocycles. The minimum Gasteiger partial charge on any atom is -0.419 e. The van der Waals surface area contributed by atoms with Gasteiger partial charge in [-0.1, -0.05) is 23.8 Å². The molecule has 1 N–H and O–H groups in total. The quantitative estimate of drug-likeness (QED) is 0.538. The molecule has 0 saturated heterocycles. The first kappa shape index (κ1) is 17.6. The molecule has 0 aliphatic rings. The van der Waals surface area contributed by atoms with Crippen molar-refractivity contribution in [1.29, 1.82) is 0 Å². The fourth-order valence-corrected chi connectivity index (χ4v) is 3.66. The minimum absolute atomic E-state index is 0.0243. The topological polar surface area (TPSA) is 115 Å². The summed E-state index contributed by atoms with van der Waals surface area (Å²) in [7, 11) is -2.41. The number of non-ortho nitro benzene ring substituents is 1. The smallest absolute Gasteiger partial charge is 0.270 e. The highest BCUT2D eigenvalue weighted by molar-refractivity contribution is 7.91. The number of sulfone groups is 1. The number of hydrogen-bond acceptors (Lipinski definition) is 7. The lowest BCUT2D eigenvalue weighted by atomic mass is 10.2. The van der Waals surface area contributed by atoms with Crippen molar-refractivity contribution >= 4 is 21.4 Å². The van der Waals surface area contributed by atoms with Crippen LogP contribution in [0.15, 0.2) is 62.9 Å². The molecular formula is C17H15N3O5S. The number of aryl methyl sites for hydroxylation is 1. The number of aromatic nitrogens is 1. The third kappa shape index (κ3) is 3.16. The Hall–Kier alpha value is -3.20. The van der Waals surface area contributed by atoms with Crippen LogP contribution in [0.1, 0.15) is 5.56 Å². The SMILES string of the molecule is CNc1oc(-c2cccc([N+](=O)[O-])c2)nc1S(=O)(=O)c1ccc(C)cc1. The lowest BCUT2D eigenvalue weighted by Gasteiger charge is -2.03.